The van der Waals surface area contributed by atoms with Crippen molar-refractivity contribution in [2.24, 2.45) is 5.92 Å². The molecule has 1 aromatic heterocycles. The number of nitrogens with zero attached hydrogens (tertiary/aromatic N) is 1. The first-order chi connectivity index (χ1) is 10.2. The lowest BCUT2D eigenvalue weighted by molar-refractivity contribution is 0.471. The van der Waals surface area contributed by atoms with E-state index in [1.807, 2.05) is 11.3 Å². The van der Waals surface area contributed by atoms with Gasteiger partial charge in [-0.15, -0.1) is 11.3 Å². The Morgan fingerprint density at radius 3 is 2.81 bits per heavy atom. The van der Waals surface area contributed by atoms with Gasteiger partial charge in [-0.2, -0.15) is 0 Å². The maximum Gasteiger partial charge on any atom is 0.0896 e. The van der Waals surface area contributed by atoms with Crippen LogP contribution in [0.5, 0.6) is 0 Å². The molecule has 2 aromatic rings. The third kappa shape index (κ3) is 4.65. The van der Waals surface area contributed by atoms with Gasteiger partial charge < -0.3 is 5.32 Å². The fourth-order valence-electron chi connectivity index (χ4n) is 2.79. The van der Waals surface area contributed by atoms with Crippen molar-refractivity contribution in [2.45, 2.75) is 45.6 Å². The van der Waals surface area contributed by atoms with Crippen molar-refractivity contribution in [3.8, 4) is 0 Å². The van der Waals surface area contributed by atoms with Crippen LogP contribution in [-0.2, 0) is 12.8 Å². The molecule has 1 heterocycles. The van der Waals surface area contributed by atoms with Gasteiger partial charge >= 0.3 is 0 Å². The van der Waals surface area contributed by atoms with Crippen LogP contribution in [0.3, 0.4) is 0 Å². The van der Waals surface area contributed by atoms with Gasteiger partial charge in [-0.25, -0.2) is 4.98 Å². The molecule has 3 rings (SSSR count). The Morgan fingerprint density at radius 1 is 1.29 bits per heavy atom. The van der Waals surface area contributed by atoms with Crippen LogP contribution in [0, 0.1) is 19.8 Å². The Kier molecular flexibility index (Phi) is 4.71. The lowest BCUT2D eigenvalue weighted by Gasteiger charge is -2.17. The van der Waals surface area contributed by atoms with Gasteiger partial charge in [0.2, 0.25) is 0 Å². The fraction of sp³-hybridized carbons (Fsp3) is 0.500. The highest BCUT2D eigenvalue weighted by Gasteiger charge is 2.22. The summed E-state index contributed by atoms with van der Waals surface area (Å²) in [6.45, 7) is 5.38. The van der Waals surface area contributed by atoms with Crippen LogP contribution in [0.25, 0.3) is 0 Å². The van der Waals surface area contributed by atoms with Gasteiger partial charge in [-0.05, 0) is 57.6 Å². The summed E-state index contributed by atoms with van der Waals surface area (Å²) in [5, 5.41) is 4.88. The van der Waals surface area contributed by atoms with Gasteiger partial charge in [0, 0.05) is 17.1 Å². The van der Waals surface area contributed by atoms with Gasteiger partial charge in [-0.3, -0.25) is 0 Å². The third-order valence-corrected chi connectivity index (χ3v) is 4.97. The number of benzene rings is 1. The maximum atomic E-state index is 4.40. The average molecular weight is 300 g/mol. The number of rotatable bonds is 7. The Balaban J connectivity index is 1.65. The minimum absolute atomic E-state index is 0.659. The van der Waals surface area contributed by atoms with Crippen LogP contribution in [-0.4, -0.2) is 17.6 Å². The van der Waals surface area contributed by atoms with Crippen LogP contribution in [0.4, 0.5) is 0 Å². The van der Waals surface area contributed by atoms with E-state index in [0.29, 0.717) is 5.92 Å². The van der Waals surface area contributed by atoms with E-state index in [-0.39, 0.29) is 0 Å². The molecule has 0 saturated heterocycles. The number of hydrogen-bond acceptors (Lipinski definition) is 3. The summed E-state index contributed by atoms with van der Waals surface area (Å²) in [5.74, 6) is 0.659. The van der Waals surface area contributed by atoms with Crippen molar-refractivity contribution in [1.82, 2.24) is 10.3 Å². The second-order valence-corrected chi connectivity index (χ2v) is 7.61. The largest absolute Gasteiger partial charge is 0.314 e. The van der Waals surface area contributed by atoms with E-state index < -0.39 is 0 Å². The first kappa shape index (κ1) is 14.7. The molecule has 3 heteroatoms. The van der Waals surface area contributed by atoms with Crippen molar-refractivity contribution in [1.29, 1.82) is 0 Å². The smallest absolute Gasteiger partial charge is 0.0896 e. The van der Waals surface area contributed by atoms with E-state index in [1.165, 1.54) is 33.9 Å². The van der Waals surface area contributed by atoms with Crippen molar-refractivity contribution in [3.05, 3.63) is 51.5 Å². The number of nitrogens with one attached hydrogen (secondary N) is 1. The molecule has 1 atom stereocenters. The molecule has 112 valence electrons. The molecule has 0 radical (unpaired) electrons. The van der Waals surface area contributed by atoms with Gasteiger partial charge in [0.15, 0.2) is 0 Å². The molecule has 1 aliphatic carbocycles. The zero-order chi connectivity index (χ0) is 14.7. The van der Waals surface area contributed by atoms with Gasteiger partial charge in [-0.1, -0.05) is 29.8 Å². The first-order valence-electron chi connectivity index (χ1n) is 7.89. The molecule has 1 unspecified atom stereocenters. The van der Waals surface area contributed by atoms with Gasteiger partial charge in [0.1, 0.15) is 0 Å². The first-order valence-corrected chi connectivity index (χ1v) is 8.71. The summed E-state index contributed by atoms with van der Waals surface area (Å²) < 4.78 is 0. The molecule has 0 aliphatic heterocycles. The molecule has 1 saturated carbocycles. The van der Waals surface area contributed by atoms with Gasteiger partial charge in [0.25, 0.3) is 0 Å². The molecule has 21 heavy (non-hydrogen) atoms. The topological polar surface area (TPSA) is 24.9 Å². The third-order valence-electron chi connectivity index (χ3n) is 4.04. The standard InChI is InChI=1S/C18H24N2S/c1-13-4-3-5-15(8-13)9-16(11-20-17-6-7-17)10-18-12-19-14(2)21-18/h3-5,8,12,16-17,20H,6-7,9-11H2,1-2H3. The zero-order valence-corrected chi connectivity index (χ0v) is 13.7. The SMILES string of the molecule is Cc1cccc(CC(CNC2CC2)Cc2cnc(C)s2)c1. The van der Waals surface area contributed by atoms with E-state index in [4.69, 9.17) is 0 Å². The maximum absolute atomic E-state index is 4.40. The normalized spacial score (nSPS) is 16.1. The van der Waals surface area contributed by atoms with Crippen LogP contribution in [0.2, 0.25) is 0 Å². The number of aryl methyl sites for hydroxylation is 2. The highest BCUT2D eigenvalue weighted by molar-refractivity contribution is 7.11. The lowest BCUT2D eigenvalue weighted by Crippen LogP contribution is -2.27. The van der Waals surface area contributed by atoms with Crippen LogP contribution < -0.4 is 5.32 Å². The van der Waals surface area contributed by atoms with Crippen molar-refractivity contribution in [2.75, 3.05) is 6.54 Å². The predicted molar refractivity (Wildman–Crippen MR) is 90.0 cm³/mol. The zero-order valence-electron chi connectivity index (χ0n) is 12.9. The van der Waals surface area contributed by atoms with E-state index in [1.54, 1.807) is 0 Å². The lowest BCUT2D eigenvalue weighted by atomic mass is 9.94. The summed E-state index contributed by atoms with van der Waals surface area (Å²) >= 11 is 1.84. The van der Waals surface area contributed by atoms with E-state index in [9.17, 15) is 0 Å². The van der Waals surface area contributed by atoms with Crippen molar-refractivity contribution < 1.29 is 0 Å². The molecule has 2 nitrogen and oxygen atoms in total. The molecule has 0 bridgehead atoms. The molecular weight excluding hydrogens is 276 g/mol. The molecule has 1 N–H and O–H groups in total. The highest BCUT2D eigenvalue weighted by Crippen LogP contribution is 2.22. The second kappa shape index (κ2) is 6.71. The summed E-state index contributed by atoms with van der Waals surface area (Å²) in [6.07, 6.45) is 7.06. The summed E-state index contributed by atoms with van der Waals surface area (Å²) in [5.41, 5.74) is 2.81. The quantitative estimate of drug-likeness (QED) is 0.838. The molecular formula is C18H24N2S. The van der Waals surface area contributed by atoms with Crippen molar-refractivity contribution >= 4 is 11.3 Å². The van der Waals surface area contributed by atoms with E-state index in [0.717, 1.165) is 25.4 Å². The minimum atomic E-state index is 0.659. The van der Waals surface area contributed by atoms with E-state index in [2.05, 4.69) is 54.6 Å². The summed E-state index contributed by atoms with van der Waals surface area (Å²) in [7, 11) is 0. The molecule has 1 aliphatic rings. The monoisotopic (exact) mass is 300 g/mol. The molecule has 0 spiro atoms. The number of thiazole rings is 1. The molecule has 1 fully saturated rings. The predicted octanol–water partition coefficient (Wildman–Crippen LogP) is 3.91. The Hall–Kier alpha value is -1.19. The number of hydrogen-bond donors (Lipinski definition) is 1. The van der Waals surface area contributed by atoms with Gasteiger partial charge in [0.05, 0.1) is 5.01 Å². The number of aromatic nitrogens is 1. The fourth-order valence-corrected chi connectivity index (χ4v) is 3.70. The Labute approximate surface area is 131 Å². The second-order valence-electron chi connectivity index (χ2n) is 6.29. The Bertz CT molecular complexity index is 586. The summed E-state index contributed by atoms with van der Waals surface area (Å²) in [4.78, 5) is 5.82. The molecule has 0 amide bonds. The van der Waals surface area contributed by atoms with Crippen LogP contribution in [0.15, 0.2) is 30.5 Å². The van der Waals surface area contributed by atoms with Crippen LogP contribution >= 0.6 is 11.3 Å². The Morgan fingerprint density at radius 2 is 2.14 bits per heavy atom. The van der Waals surface area contributed by atoms with Crippen molar-refractivity contribution in [3.63, 3.8) is 0 Å². The average Bonchev–Trinajstić information content (AvgIpc) is 3.19. The summed E-state index contributed by atoms with van der Waals surface area (Å²) in [6, 6.07) is 9.71. The molecule has 1 aromatic carbocycles. The minimum Gasteiger partial charge on any atom is -0.314 e. The highest BCUT2D eigenvalue weighted by atomic mass is 32.1. The van der Waals surface area contributed by atoms with E-state index >= 15 is 0 Å². The van der Waals surface area contributed by atoms with Crippen LogP contribution in [0.1, 0.15) is 33.9 Å².